The van der Waals surface area contributed by atoms with Crippen LogP contribution in [0.15, 0.2) is 0 Å². The Bertz CT molecular complexity index is 212. The number of piperidine rings is 1. The van der Waals surface area contributed by atoms with Crippen LogP contribution in [-0.4, -0.2) is 60.8 Å². The Morgan fingerprint density at radius 2 is 1.72 bits per heavy atom. The van der Waals surface area contributed by atoms with Crippen LogP contribution in [0.1, 0.15) is 46.5 Å². The van der Waals surface area contributed by atoms with Crippen LogP contribution in [0.2, 0.25) is 0 Å². The van der Waals surface area contributed by atoms with E-state index in [-0.39, 0.29) is 5.41 Å². The maximum Gasteiger partial charge on any atom is 0.0499 e. The number of rotatable bonds is 7. The molecule has 1 saturated heterocycles. The molecule has 0 radical (unpaired) electrons. The number of aliphatic hydroxyl groups is 1. The summed E-state index contributed by atoms with van der Waals surface area (Å²) in [6.07, 6.45) is 4.69. The van der Waals surface area contributed by atoms with Crippen LogP contribution in [-0.2, 0) is 0 Å². The number of hydrogen-bond acceptors (Lipinski definition) is 3. The third-order valence-corrected chi connectivity index (χ3v) is 5.05. The standard InChI is InChI=1S/C15H32N2O/c1-5-15(6-2,13-18)12-16(4)14-8-10-17(7-3)11-9-14/h14,18H,5-13H2,1-4H3. The molecule has 1 aliphatic rings. The Labute approximate surface area is 113 Å². The highest BCUT2D eigenvalue weighted by molar-refractivity contribution is 4.84. The summed E-state index contributed by atoms with van der Waals surface area (Å²) < 4.78 is 0. The monoisotopic (exact) mass is 256 g/mol. The van der Waals surface area contributed by atoms with Gasteiger partial charge in [0, 0.05) is 24.6 Å². The van der Waals surface area contributed by atoms with Crippen molar-refractivity contribution in [2.24, 2.45) is 5.41 Å². The number of aliphatic hydroxyl groups excluding tert-OH is 1. The van der Waals surface area contributed by atoms with E-state index < -0.39 is 0 Å². The van der Waals surface area contributed by atoms with Gasteiger partial charge in [0.1, 0.15) is 0 Å². The van der Waals surface area contributed by atoms with Crippen molar-refractivity contribution in [3.05, 3.63) is 0 Å². The van der Waals surface area contributed by atoms with E-state index >= 15 is 0 Å². The minimum absolute atomic E-state index is 0.108. The maximum absolute atomic E-state index is 9.67. The van der Waals surface area contributed by atoms with E-state index in [0.717, 1.165) is 19.4 Å². The first-order valence-corrected chi connectivity index (χ1v) is 7.64. The van der Waals surface area contributed by atoms with Gasteiger partial charge in [-0.25, -0.2) is 0 Å². The molecular weight excluding hydrogens is 224 g/mol. The van der Waals surface area contributed by atoms with E-state index in [1.807, 2.05) is 0 Å². The summed E-state index contributed by atoms with van der Waals surface area (Å²) in [4.78, 5) is 5.03. The average Bonchev–Trinajstić information content (AvgIpc) is 2.45. The molecule has 1 N–H and O–H groups in total. The highest BCUT2D eigenvalue weighted by atomic mass is 16.3. The Morgan fingerprint density at radius 3 is 2.11 bits per heavy atom. The first kappa shape index (κ1) is 15.9. The number of likely N-dealkylation sites (tertiary alicyclic amines) is 1. The fourth-order valence-corrected chi connectivity index (χ4v) is 3.08. The SMILES string of the molecule is CCN1CCC(N(C)CC(CC)(CC)CO)CC1. The van der Waals surface area contributed by atoms with Crippen molar-refractivity contribution < 1.29 is 5.11 Å². The van der Waals surface area contributed by atoms with Crippen molar-refractivity contribution in [1.82, 2.24) is 9.80 Å². The van der Waals surface area contributed by atoms with Crippen molar-refractivity contribution in [2.75, 3.05) is 39.8 Å². The van der Waals surface area contributed by atoms with Gasteiger partial charge in [0.2, 0.25) is 0 Å². The van der Waals surface area contributed by atoms with E-state index in [1.54, 1.807) is 0 Å². The Hall–Kier alpha value is -0.120. The van der Waals surface area contributed by atoms with E-state index in [9.17, 15) is 5.11 Å². The highest BCUT2D eigenvalue weighted by Crippen LogP contribution is 2.28. The average molecular weight is 256 g/mol. The third kappa shape index (κ3) is 3.94. The van der Waals surface area contributed by atoms with Gasteiger partial charge in [-0.3, -0.25) is 0 Å². The summed E-state index contributed by atoms with van der Waals surface area (Å²) in [7, 11) is 2.24. The topological polar surface area (TPSA) is 26.7 Å². The summed E-state index contributed by atoms with van der Waals surface area (Å²) in [5.41, 5.74) is 0.108. The lowest BCUT2D eigenvalue weighted by Gasteiger charge is -2.41. The number of nitrogens with zero attached hydrogens (tertiary/aromatic N) is 2. The molecule has 18 heavy (non-hydrogen) atoms. The minimum atomic E-state index is 0.108. The maximum atomic E-state index is 9.67. The lowest BCUT2D eigenvalue weighted by Crippen LogP contribution is -2.47. The molecule has 0 aliphatic carbocycles. The van der Waals surface area contributed by atoms with Crippen LogP contribution < -0.4 is 0 Å². The van der Waals surface area contributed by atoms with Gasteiger partial charge in [0.15, 0.2) is 0 Å². The smallest absolute Gasteiger partial charge is 0.0499 e. The van der Waals surface area contributed by atoms with Crippen molar-refractivity contribution in [1.29, 1.82) is 0 Å². The molecular formula is C15H32N2O. The van der Waals surface area contributed by atoms with Gasteiger partial charge in [-0.15, -0.1) is 0 Å². The quantitative estimate of drug-likeness (QED) is 0.756. The van der Waals surface area contributed by atoms with Gasteiger partial charge in [0.25, 0.3) is 0 Å². The molecule has 0 amide bonds. The largest absolute Gasteiger partial charge is 0.396 e. The molecule has 0 spiro atoms. The van der Waals surface area contributed by atoms with Crippen LogP contribution in [0.3, 0.4) is 0 Å². The van der Waals surface area contributed by atoms with E-state index in [1.165, 1.54) is 32.5 Å². The fourth-order valence-electron chi connectivity index (χ4n) is 3.08. The minimum Gasteiger partial charge on any atom is -0.396 e. The fraction of sp³-hybridized carbons (Fsp3) is 1.00. The van der Waals surface area contributed by atoms with E-state index in [4.69, 9.17) is 0 Å². The summed E-state index contributed by atoms with van der Waals surface area (Å²) >= 11 is 0. The summed E-state index contributed by atoms with van der Waals surface area (Å²) in [6.45, 7) is 11.6. The molecule has 0 aromatic rings. The zero-order chi connectivity index (χ0) is 13.6. The Morgan fingerprint density at radius 1 is 1.17 bits per heavy atom. The van der Waals surface area contributed by atoms with Crippen LogP contribution >= 0.6 is 0 Å². The molecule has 3 nitrogen and oxygen atoms in total. The van der Waals surface area contributed by atoms with Crippen LogP contribution in [0.4, 0.5) is 0 Å². The van der Waals surface area contributed by atoms with Gasteiger partial charge < -0.3 is 14.9 Å². The third-order valence-electron chi connectivity index (χ3n) is 5.05. The summed E-state index contributed by atoms with van der Waals surface area (Å²) in [5.74, 6) is 0. The molecule has 1 heterocycles. The second kappa shape index (κ2) is 7.46. The molecule has 108 valence electrons. The Balaban J connectivity index is 2.47. The van der Waals surface area contributed by atoms with Crippen molar-refractivity contribution in [3.63, 3.8) is 0 Å². The van der Waals surface area contributed by atoms with Crippen LogP contribution in [0.25, 0.3) is 0 Å². The van der Waals surface area contributed by atoms with Gasteiger partial charge in [-0.05, 0) is 52.4 Å². The molecule has 0 unspecified atom stereocenters. The lowest BCUT2D eigenvalue weighted by atomic mass is 9.82. The Kier molecular flexibility index (Phi) is 6.61. The molecule has 0 aromatic carbocycles. The van der Waals surface area contributed by atoms with Crippen molar-refractivity contribution in [3.8, 4) is 0 Å². The van der Waals surface area contributed by atoms with E-state index in [2.05, 4.69) is 37.6 Å². The lowest BCUT2D eigenvalue weighted by molar-refractivity contribution is 0.0425. The van der Waals surface area contributed by atoms with E-state index in [0.29, 0.717) is 12.6 Å². The number of hydrogen-bond donors (Lipinski definition) is 1. The van der Waals surface area contributed by atoms with Crippen LogP contribution in [0, 0.1) is 5.41 Å². The second-order valence-corrected chi connectivity index (χ2v) is 5.95. The second-order valence-electron chi connectivity index (χ2n) is 5.95. The zero-order valence-corrected chi connectivity index (χ0v) is 12.8. The molecule has 1 fully saturated rings. The molecule has 1 rings (SSSR count). The summed E-state index contributed by atoms with van der Waals surface area (Å²) in [6, 6.07) is 0.705. The predicted octanol–water partition coefficient (Wildman–Crippen LogP) is 2.20. The molecule has 0 saturated carbocycles. The first-order chi connectivity index (χ1) is 8.60. The van der Waals surface area contributed by atoms with Gasteiger partial charge >= 0.3 is 0 Å². The molecule has 0 bridgehead atoms. The molecule has 0 atom stereocenters. The van der Waals surface area contributed by atoms with Crippen molar-refractivity contribution >= 4 is 0 Å². The van der Waals surface area contributed by atoms with Gasteiger partial charge in [-0.2, -0.15) is 0 Å². The van der Waals surface area contributed by atoms with Gasteiger partial charge in [0.05, 0.1) is 0 Å². The molecule has 1 aliphatic heterocycles. The van der Waals surface area contributed by atoms with Crippen molar-refractivity contribution in [2.45, 2.75) is 52.5 Å². The predicted molar refractivity (Wildman–Crippen MR) is 77.9 cm³/mol. The highest BCUT2D eigenvalue weighted by Gasteiger charge is 2.30. The molecule has 0 aromatic heterocycles. The molecule has 3 heteroatoms. The normalized spacial score (nSPS) is 19.7. The van der Waals surface area contributed by atoms with Gasteiger partial charge in [-0.1, -0.05) is 20.8 Å². The zero-order valence-electron chi connectivity index (χ0n) is 12.8. The first-order valence-electron chi connectivity index (χ1n) is 7.64. The summed E-state index contributed by atoms with van der Waals surface area (Å²) in [5, 5.41) is 9.67. The van der Waals surface area contributed by atoms with Crippen LogP contribution in [0.5, 0.6) is 0 Å².